The summed E-state index contributed by atoms with van der Waals surface area (Å²) in [5, 5.41) is 0. The van der Waals surface area contributed by atoms with Crippen molar-refractivity contribution in [3.8, 4) is 0 Å². The minimum atomic E-state index is -2.79. The highest BCUT2D eigenvalue weighted by Gasteiger charge is 2.37. The van der Waals surface area contributed by atoms with Crippen LogP contribution in [0.4, 0.5) is 13.6 Å². The topological polar surface area (TPSA) is 29.5 Å². The first-order valence-electron chi connectivity index (χ1n) is 6.31. The molecule has 5 heteroatoms. The quantitative estimate of drug-likeness (QED) is 0.824. The molecule has 0 spiro atoms. The summed E-state index contributed by atoms with van der Waals surface area (Å²) in [6, 6.07) is 7.54. The maximum absolute atomic E-state index is 13.2. The molecule has 1 aliphatic heterocycles. The van der Waals surface area contributed by atoms with E-state index in [-0.39, 0.29) is 13.0 Å². The Morgan fingerprint density at radius 1 is 1.37 bits per heavy atom. The SMILES string of the molecule is Cc1ccc(COC(=O)N2CCCC(F)(F)C2)cc1. The number of hydrogen-bond acceptors (Lipinski definition) is 2. The molecule has 1 aromatic rings. The molecule has 1 saturated heterocycles. The highest BCUT2D eigenvalue weighted by atomic mass is 19.3. The lowest BCUT2D eigenvalue weighted by molar-refractivity contribution is -0.0611. The van der Waals surface area contributed by atoms with Gasteiger partial charge in [0.2, 0.25) is 0 Å². The van der Waals surface area contributed by atoms with Gasteiger partial charge in [-0.05, 0) is 18.9 Å². The van der Waals surface area contributed by atoms with Crippen LogP contribution in [0, 0.1) is 6.92 Å². The fourth-order valence-electron chi connectivity index (χ4n) is 2.04. The molecule has 1 aromatic carbocycles. The van der Waals surface area contributed by atoms with E-state index in [0.717, 1.165) is 16.0 Å². The van der Waals surface area contributed by atoms with Crippen LogP contribution in [0.25, 0.3) is 0 Å². The van der Waals surface area contributed by atoms with Crippen molar-refractivity contribution in [1.29, 1.82) is 0 Å². The summed E-state index contributed by atoms with van der Waals surface area (Å²) in [5.74, 6) is -2.79. The van der Waals surface area contributed by atoms with Gasteiger partial charge < -0.3 is 9.64 Å². The molecule has 1 aliphatic rings. The van der Waals surface area contributed by atoms with Crippen molar-refractivity contribution in [2.75, 3.05) is 13.1 Å². The van der Waals surface area contributed by atoms with Gasteiger partial charge in [0, 0.05) is 13.0 Å². The first-order valence-corrected chi connectivity index (χ1v) is 6.31. The molecule has 1 fully saturated rings. The largest absolute Gasteiger partial charge is 0.445 e. The van der Waals surface area contributed by atoms with Gasteiger partial charge in [-0.1, -0.05) is 29.8 Å². The number of carbonyl (C=O) groups is 1. The zero-order valence-corrected chi connectivity index (χ0v) is 10.9. The van der Waals surface area contributed by atoms with E-state index < -0.39 is 18.6 Å². The fraction of sp³-hybridized carbons (Fsp3) is 0.500. The number of nitrogens with zero attached hydrogens (tertiary/aromatic N) is 1. The van der Waals surface area contributed by atoms with Gasteiger partial charge in [0.15, 0.2) is 0 Å². The Balaban J connectivity index is 1.85. The molecule has 2 rings (SSSR count). The molecule has 0 radical (unpaired) electrons. The summed E-state index contributed by atoms with van der Waals surface area (Å²) in [4.78, 5) is 12.8. The first-order chi connectivity index (χ1) is 8.96. The third kappa shape index (κ3) is 3.91. The third-order valence-electron chi connectivity index (χ3n) is 3.13. The van der Waals surface area contributed by atoms with E-state index in [1.807, 2.05) is 31.2 Å². The van der Waals surface area contributed by atoms with Crippen LogP contribution in [-0.4, -0.2) is 30.0 Å². The minimum absolute atomic E-state index is 0.112. The van der Waals surface area contributed by atoms with Crippen LogP contribution in [0.2, 0.25) is 0 Å². The van der Waals surface area contributed by atoms with E-state index >= 15 is 0 Å². The minimum Gasteiger partial charge on any atom is -0.445 e. The summed E-state index contributed by atoms with van der Waals surface area (Å²) in [6.45, 7) is 1.87. The van der Waals surface area contributed by atoms with Crippen molar-refractivity contribution in [2.45, 2.75) is 32.3 Å². The highest BCUT2D eigenvalue weighted by Crippen LogP contribution is 2.26. The third-order valence-corrected chi connectivity index (χ3v) is 3.13. The molecular formula is C14H17F2NO2. The molecular weight excluding hydrogens is 252 g/mol. The molecule has 0 aliphatic carbocycles. The Morgan fingerprint density at radius 3 is 2.68 bits per heavy atom. The Kier molecular flexibility index (Phi) is 4.02. The highest BCUT2D eigenvalue weighted by molar-refractivity contribution is 5.67. The average molecular weight is 269 g/mol. The number of ether oxygens (including phenoxy) is 1. The van der Waals surface area contributed by atoms with Gasteiger partial charge in [-0.25, -0.2) is 13.6 Å². The van der Waals surface area contributed by atoms with Crippen molar-refractivity contribution in [3.05, 3.63) is 35.4 Å². The Bertz CT molecular complexity index is 445. The number of rotatable bonds is 2. The van der Waals surface area contributed by atoms with E-state index in [1.165, 1.54) is 0 Å². The number of likely N-dealkylation sites (tertiary alicyclic amines) is 1. The smallest absolute Gasteiger partial charge is 0.410 e. The van der Waals surface area contributed by atoms with Crippen LogP contribution in [-0.2, 0) is 11.3 Å². The zero-order chi connectivity index (χ0) is 13.9. The maximum atomic E-state index is 13.2. The van der Waals surface area contributed by atoms with Gasteiger partial charge in [0.25, 0.3) is 5.92 Å². The molecule has 0 unspecified atom stereocenters. The van der Waals surface area contributed by atoms with Gasteiger partial charge >= 0.3 is 6.09 Å². The van der Waals surface area contributed by atoms with Crippen molar-refractivity contribution in [3.63, 3.8) is 0 Å². The van der Waals surface area contributed by atoms with Gasteiger partial charge in [0.1, 0.15) is 6.61 Å². The van der Waals surface area contributed by atoms with Crippen molar-refractivity contribution < 1.29 is 18.3 Å². The monoisotopic (exact) mass is 269 g/mol. The number of hydrogen-bond donors (Lipinski definition) is 0. The Morgan fingerprint density at radius 2 is 2.05 bits per heavy atom. The summed E-state index contributed by atoms with van der Waals surface area (Å²) in [6.07, 6.45) is -0.513. The van der Waals surface area contributed by atoms with Crippen molar-refractivity contribution in [2.24, 2.45) is 0 Å². The van der Waals surface area contributed by atoms with Crippen molar-refractivity contribution >= 4 is 6.09 Å². The van der Waals surface area contributed by atoms with E-state index in [0.29, 0.717) is 13.0 Å². The normalized spacial score (nSPS) is 18.2. The van der Waals surface area contributed by atoms with Crippen LogP contribution in [0.15, 0.2) is 24.3 Å². The van der Waals surface area contributed by atoms with Gasteiger partial charge in [-0.3, -0.25) is 0 Å². The Labute approximate surface area is 111 Å². The standard InChI is InChI=1S/C14H17F2NO2/c1-11-3-5-12(6-4-11)9-19-13(18)17-8-2-7-14(15,16)10-17/h3-6H,2,7-10H2,1H3. The predicted molar refractivity (Wildman–Crippen MR) is 67.1 cm³/mol. The van der Waals surface area contributed by atoms with Crippen LogP contribution in [0.1, 0.15) is 24.0 Å². The molecule has 104 valence electrons. The molecule has 3 nitrogen and oxygen atoms in total. The number of amides is 1. The number of benzene rings is 1. The number of halogens is 2. The molecule has 0 aromatic heterocycles. The maximum Gasteiger partial charge on any atom is 0.410 e. The lowest BCUT2D eigenvalue weighted by atomic mass is 10.1. The number of carbonyl (C=O) groups excluding carboxylic acids is 1. The zero-order valence-electron chi connectivity index (χ0n) is 10.9. The second-order valence-electron chi connectivity index (χ2n) is 4.92. The summed E-state index contributed by atoms with van der Waals surface area (Å²) < 4.78 is 31.4. The van der Waals surface area contributed by atoms with E-state index in [4.69, 9.17) is 4.74 Å². The van der Waals surface area contributed by atoms with E-state index in [1.54, 1.807) is 0 Å². The van der Waals surface area contributed by atoms with Crippen LogP contribution >= 0.6 is 0 Å². The molecule has 0 N–H and O–H groups in total. The predicted octanol–water partition coefficient (Wildman–Crippen LogP) is 3.36. The van der Waals surface area contributed by atoms with Gasteiger partial charge in [-0.2, -0.15) is 0 Å². The van der Waals surface area contributed by atoms with Crippen LogP contribution in [0.3, 0.4) is 0 Å². The van der Waals surface area contributed by atoms with E-state index in [2.05, 4.69) is 0 Å². The first kappa shape index (κ1) is 13.8. The molecule has 0 atom stereocenters. The number of alkyl halides is 2. The second-order valence-corrected chi connectivity index (χ2v) is 4.92. The average Bonchev–Trinajstić information content (AvgIpc) is 2.36. The summed E-state index contributed by atoms with van der Waals surface area (Å²) in [5.41, 5.74) is 1.97. The molecule has 0 saturated carbocycles. The molecule has 19 heavy (non-hydrogen) atoms. The van der Waals surface area contributed by atoms with Crippen LogP contribution in [0.5, 0.6) is 0 Å². The second kappa shape index (κ2) is 5.55. The number of aryl methyl sites for hydroxylation is 1. The van der Waals surface area contributed by atoms with Crippen molar-refractivity contribution in [1.82, 2.24) is 4.90 Å². The van der Waals surface area contributed by atoms with Gasteiger partial charge in [-0.15, -0.1) is 0 Å². The lowest BCUT2D eigenvalue weighted by Gasteiger charge is -2.31. The molecule has 1 amide bonds. The van der Waals surface area contributed by atoms with Crippen LogP contribution < -0.4 is 0 Å². The van der Waals surface area contributed by atoms with Gasteiger partial charge in [0.05, 0.1) is 6.54 Å². The molecule has 0 bridgehead atoms. The Hall–Kier alpha value is -1.65. The van der Waals surface area contributed by atoms with E-state index in [9.17, 15) is 13.6 Å². The number of piperidine rings is 1. The summed E-state index contributed by atoms with van der Waals surface area (Å²) in [7, 11) is 0. The summed E-state index contributed by atoms with van der Waals surface area (Å²) >= 11 is 0. The molecule has 1 heterocycles. The lowest BCUT2D eigenvalue weighted by Crippen LogP contribution is -2.45. The fourth-order valence-corrected chi connectivity index (χ4v) is 2.04.